The van der Waals surface area contributed by atoms with Crippen LogP contribution >= 0.6 is 0 Å². The van der Waals surface area contributed by atoms with Crippen LogP contribution in [0.2, 0.25) is 0 Å². The SMILES string of the molecule is CCC.Cc1ccc2oc3cc4c(cc3c2c1)oc1ccc(-c2ccc3c(c2)c2ccccc2n3-c2ccccc2)cc14.Cc1ccccc1-c1ccccc1C. The fourth-order valence-corrected chi connectivity index (χ4v) is 8.10. The van der Waals surface area contributed by atoms with Gasteiger partial charge in [0.1, 0.15) is 22.3 Å². The van der Waals surface area contributed by atoms with Crippen molar-refractivity contribution in [2.75, 3.05) is 0 Å². The third kappa shape index (κ3) is 6.55. The Bertz CT molecular complexity index is 3170. The molecule has 0 aliphatic rings. The Kier molecular flexibility index (Phi) is 9.44. The largest absolute Gasteiger partial charge is 0.456 e. The molecule has 0 N–H and O–H groups in total. The summed E-state index contributed by atoms with van der Waals surface area (Å²) in [6.07, 6.45) is 1.25. The van der Waals surface area contributed by atoms with E-state index in [4.69, 9.17) is 8.83 Å². The molecule has 0 radical (unpaired) electrons. The van der Waals surface area contributed by atoms with Crippen molar-refractivity contribution in [3.05, 3.63) is 187 Å². The van der Waals surface area contributed by atoms with Gasteiger partial charge in [0.2, 0.25) is 0 Å². The van der Waals surface area contributed by atoms with Crippen molar-refractivity contribution in [3.8, 4) is 27.9 Å². The first-order valence-corrected chi connectivity index (χ1v) is 19.9. The lowest BCUT2D eigenvalue weighted by Crippen LogP contribution is -1.92. The molecule has 0 fully saturated rings. The van der Waals surface area contributed by atoms with Gasteiger partial charge in [-0.05, 0) is 121 Å². The van der Waals surface area contributed by atoms with Crippen LogP contribution in [0.25, 0.3) is 93.6 Å². The number of para-hydroxylation sites is 2. The van der Waals surface area contributed by atoms with Gasteiger partial charge in [-0.1, -0.05) is 129 Å². The number of aromatic nitrogens is 1. The van der Waals surface area contributed by atoms with E-state index in [0.717, 1.165) is 49.4 Å². The molecule has 0 amide bonds. The molecule has 3 heteroatoms. The molecule has 57 heavy (non-hydrogen) atoms. The van der Waals surface area contributed by atoms with Crippen molar-refractivity contribution in [2.45, 2.75) is 41.0 Å². The van der Waals surface area contributed by atoms with Crippen molar-refractivity contribution in [1.29, 1.82) is 0 Å². The summed E-state index contributed by atoms with van der Waals surface area (Å²) >= 11 is 0. The summed E-state index contributed by atoms with van der Waals surface area (Å²) in [7, 11) is 0. The van der Waals surface area contributed by atoms with Gasteiger partial charge < -0.3 is 13.4 Å². The normalized spacial score (nSPS) is 11.3. The zero-order valence-corrected chi connectivity index (χ0v) is 33.1. The van der Waals surface area contributed by atoms with Gasteiger partial charge in [0.25, 0.3) is 0 Å². The zero-order chi connectivity index (χ0) is 39.0. The van der Waals surface area contributed by atoms with Crippen LogP contribution in [0.1, 0.15) is 37.0 Å². The number of aryl methyl sites for hydroxylation is 3. The van der Waals surface area contributed by atoms with Gasteiger partial charge in [0.05, 0.1) is 11.0 Å². The van der Waals surface area contributed by atoms with E-state index in [1.807, 2.05) is 6.07 Å². The second-order valence-corrected chi connectivity index (χ2v) is 15.0. The summed E-state index contributed by atoms with van der Waals surface area (Å²) in [6.45, 7) is 10.7. The molecule has 0 spiro atoms. The number of nitrogens with zero attached hydrogens (tertiary/aromatic N) is 1. The van der Waals surface area contributed by atoms with Gasteiger partial charge in [0.15, 0.2) is 0 Å². The molecular weight excluding hydrogens is 695 g/mol. The van der Waals surface area contributed by atoms with E-state index in [9.17, 15) is 0 Å². The highest BCUT2D eigenvalue weighted by atomic mass is 16.3. The number of rotatable bonds is 3. The molecule has 278 valence electrons. The maximum Gasteiger partial charge on any atom is 0.136 e. The fraction of sp³-hybridized carbons (Fsp3) is 0.111. The number of fused-ring (bicyclic) bond motifs is 9. The van der Waals surface area contributed by atoms with E-state index in [1.165, 1.54) is 67.3 Å². The summed E-state index contributed by atoms with van der Waals surface area (Å²) in [5.41, 5.74) is 16.0. The van der Waals surface area contributed by atoms with E-state index in [2.05, 4.69) is 203 Å². The van der Waals surface area contributed by atoms with Crippen LogP contribution in [-0.4, -0.2) is 4.57 Å². The Labute approximate surface area is 333 Å². The molecule has 0 saturated carbocycles. The molecule has 11 rings (SSSR count). The molecule has 0 saturated heterocycles. The second-order valence-electron chi connectivity index (χ2n) is 15.0. The average molecular weight is 740 g/mol. The molecule has 11 aromatic rings. The fourth-order valence-electron chi connectivity index (χ4n) is 8.10. The second kappa shape index (κ2) is 15.0. The lowest BCUT2D eigenvalue weighted by molar-refractivity contribution is 0.664. The third-order valence-corrected chi connectivity index (χ3v) is 10.8. The Morgan fingerprint density at radius 2 is 0.860 bits per heavy atom. The van der Waals surface area contributed by atoms with E-state index < -0.39 is 0 Å². The molecule has 0 aliphatic carbocycles. The molecule has 3 heterocycles. The van der Waals surface area contributed by atoms with Crippen LogP contribution < -0.4 is 0 Å². The predicted molar refractivity (Wildman–Crippen MR) is 243 cm³/mol. The van der Waals surface area contributed by atoms with Gasteiger partial charge in [-0.2, -0.15) is 0 Å². The van der Waals surface area contributed by atoms with Crippen LogP contribution in [-0.2, 0) is 0 Å². The van der Waals surface area contributed by atoms with Crippen LogP contribution in [0.3, 0.4) is 0 Å². The van der Waals surface area contributed by atoms with Crippen LogP contribution in [0, 0.1) is 20.8 Å². The van der Waals surface area contributed by atoms with Crippen molar-refractivity contribution in [2.24, 2.45) is 0 Å². The smallest absolute Gasteiger partial charge is 0.136 e. The zero-order valence-electron chi connectivity index (χ0n) is 33.1. The minimum atomic E-state index is 0.880. The summed E-state index contributed by atoms with van der Waals surface area (Å²) in [5.74, 6) is 0. The molecule has 0 aliphatic heterocycles. The minimum Gasteiger partial charge on any atom is -0.456 e. The van der Waals surface area contributed by atoms with E-state index >= 15 is 0 Å². The highest BCUT2D eigenvalue weighted by Gasteiger charge is 2.16. The highest BCUT2D eigenvalue weighted by Crippen LogP contribution is 2.40. The standard InChI is InChI=1S/C37H23NO2.C14H14.C3H8/c1-22-11-15-34-28(17-22)30-20-37-31(21-36(30)39-34)29-19-24(13-16-35(29)40-37)23-12-14-33-27(18-23)26-9-5-6-10-32(26)38(33)25-7-3-2-4-8-25;1-11-7-3-5-9-13(11)14-10-6-4-8-12(14)2;1-3-2/h2-21H,1H3;3-10H,1-2H3;3H2,1-2H3. The third-order valence-electron chi connectivity index (χ3n) is 10.8. The van der Waals surface area contributed by atoms with E-state index in [0.29, 0.717) is 0 Å². The summed E-state index contributed by atoms with van der Waals surface area (Å²) in [6, 6.07) is 60.1. The van der Waals surface area contributed by atoms with Crippen molar-refractivity contribution in [1.82, 2.24) is 4.57 Å². The molecule has 0 unspecified atom stereocenters. The van der Waals surface area contributed by atoms with Gasteiger partial charge in [-0.15, -0.1) is 0 Å². The monoisotopic (exact) mass is 739 g/mol. The molecule has 8 aromatic carbocycles. The number of hydrogen-bond donors (Lipinski definition) is 0. The molecular formula is C54H45NO2. The Hall–Kier alpha value is -6.84. The van der Waals surface area contributed by atoms with Crippen LogP contribution in [0.5, 0.6) is 0 Å². The summed E-state index contributed by atoms with van der Waals surface area (Å²) in [4.78, 5) is 0. The van der Waals surface area contributed by atoms with Crippen molar-refractivity contribution in [3.63, 3.8) is 0 Å². The Morgan fingerprint density at radius 3 is 1.49 bits per heavy atom. The van der Waals surface area contributed by atoms with E-state index in [1.54, 1.807) is 0 Å². The van der Waals surface area contributed by atoms with Gasteiger partial charge in [-0.25, -0.2) is 0 Å². The van der Waals surface area contributed by atoms with Crippen molar-refractivity contribution >= 4 is 65.7 Å². The Morgan fingerprint density at radius 1 is 0.386 bits per heavy atom. The van der Waals surface area contributed by atoms with Crippen LogP contribution in [0.15, 0.2) is 179 Å². The quantitative estimate of drug-likeness (QED) is 0.181. The molecule has 3 aromatic heterocycles. The van der Waals surface area contributed by atoms with E-state index in [-0.39, 0.29) is 0 Å². The number of benzene rings is 8. The summed E-state index contributed by atoms with van der Waals surface area (Å²) in [5, 5.41) is 6.88. The highest BCUT2D eigenvalue weighted by molar-refractivity contribution is 6.16. The first-order chi connectivity index (χ1) is 27.9. The lowest BCUT2D eigenvalue weighted by Gasteiger charge is -2.08. The lowest BCUT2D eigenvalue weighted by atomic mass is 9.97. The maximum atomic E-state index is 6.34. The maximum absolute atomic E-state index is 6.34. The minimum absolute atomic E-state index is 0.880. The molecule has 0 bridgehead atoms. The predicted octanol–water partition coefficient (Wildman–Crippen LogP) is 15.9. The number of furan rings is 2. The van der Waals surface area contributed by atoms with Gasteiger partial charge in [-0.3, -0.25) is 0 Å². The van der Waals surface area contributed by atoms with Crippen molar-refractivity contribution < 1.29 is 8.83 Å². The first-order valence-electron chi connectivity index (χ1n) is 19.9. The Balaban J connectivity index is 0.000000209. The summed E-state index contributed by atoms with van der Waals surface area (Å²) < 4.78 is 14.9. The molecule has 3 nitrogen and oxygen atoms in total. The average Bonchev–Trinajstić information content (AvgIpc) is 3.89. The van der Waals surface area contributed by atoms with Gasteiger partial charge in [0, 0.05) is 38.0 Å². The number of hydrogen-bond acceptors (Lipinski definition) is 2. The van der Waals surface area contributed by atoms with Gasteiger partial charge >= 0.3 is 0 Å². The topological polar surface area (TPSA) is 31.2 Å². The first kappa shape index (κ1) is 35.8. The van der Waals surface area contributed by atoms with Crippen LogP contribution in [0.4, 0.5) is 0 Å². The molecule has 0 atom stereocenters.